The van der Waals surface area contributed by atoms with Gasteiger partial charge in [0.05, 0.1) is 11.5 Å². The van der Waals surface area contributed by atoms with Gasteiger partial charge in [0, 0.05) is 10.7 Å². The van der Waals surface area contributed by atoms with Gasteiger partial charge in [-0.2, -0.15) is 0 Å². The summed E-state index contributed by atoms with van der Waals surface area (Å²) >= 11 is 0. The normalized spacial score (nSPS) is 16.2. The predicted molar refractivity (Wildman–Crippen MR) is 73.9 cm³/mol. The van der Waals surface area contributed by atoms with E-state index in [2.05, 4.69) is 0 Å². The molecule has 1 fully saturated rings. The Balaban J connectivity index is 2.21. The van der Waals surface area contributed by atoms with E-state index in [4.69, 9.17) is 20.5 Å². The number of hydrogen-bond donors (Lipinski definition) is 1. The van der Waals surface area contributed by atoms with Crippen molar-refractivity contribution in [1.29, 1.82) is 0 Å². The highest BCUT2D eigenvalue weighted by Crippen LogP contribution is 2.28. The van der Waals surface area contributed by atoms with Gasteiger partial charge in [-0.25, -0.2) is 13.2 Å². The predicted octanol–water partition coefficient (Wildman–Crippen LogP) is 2.88. The molecule has 0 aromatic heterocycles. The number of carboxylic acid groups (broad SMARTS) is 1. The Labute approximate surface area is 121 Å². The van der Waals surface area contributed by atoms with Crippen LogP contribution >= 0.6 is 10.7 Å². The average Bonchev–Trinajstić information content (AvgIpc) is 2.88. The third kappa shape index (κ3) is 3.64. The molecule has 7 heteroatoms. The van der Waals surface area contributed by atoms with E-state index in [1.54, 1.807) is 0 Å². The van der Waals surface area contributed by atoms with Crippen molar-refractivity contribution in [2.75, 3.05) is 6.61 Å². The molecular weight excluding hydrogens is 304 g/mol. The van der Waals surface area contributed by atoms with E-state index in [-0.39, 0.29) is 16.2 Å². The summed E-state index contributed by atoms with van der Waals surface area (Å²) in [4.78, 5) is 10.9. The minimum absolute atomic E-state index is 0.175. The molecule has 1 aliphatic rings. The molecule has 0 amide bonds. The largest absolute Gasteiger partial charge is 0.492 e. The first-order chi connectivity index (χ1) is 9.38. The molecule has 110 valence electrons. The number of benzene rings is 1. The van der Waals surface area contributed by atoms with Crippen LogP contribution in [0.5, 0.6) is 5.75 Å². The van der Waals surface area contributed by atoms with Crippen LogP contribution in [0, 0.1) is 5.92 Å². The summed E-state index contributed by atoms with van der Waals surface area (Å²) in [6.45, 7) is 0.452. The topological polar surface area (TPSA) is 80.7 Å². The highest BCUT2D eigenvalue weighted by atomic mass is 35.7. The van der Waals surface area contributed by atoms with E-state index >= 15 is 0 Å². The van der Waals surface area contributed by atoms with Gasteiger partial charge in [-0.15, -0.1) is 0 Å². The first-order valence-corrected chi connectivity index (χ1v) is 8.63. The zero-order valence-electron chi connectivity index (χ0n) is 10.7. The van der Waals surface area contributed by atoms with Gasteiger partial charge in [0.2, 0.25) is 0 Å². The van der Waals surface area contributed by atoms with Crippen LogP contribution in [0.25, 0.3) is 0 Å². The van der Waals surface area contributed by atoms with E-state index in [9.17, 15) is 13.2 Å². The van der Waals surface area contributed by atoms with Gasteiger partial charge in [-0.05, 0) is 37.0 Å². The monoisotopic (exact) mass is 318 g/mol. The van der Waals surface area contributed by atoms with Crippen LogP contribution in [0.15, 0.2) is 23.1 Å². The van der Waals surface area contributed by atoms with Crippen molar-refractivity contribution < 1.29 is 23.1 Å². The van der Waals surface area contributed by atoms with Gasteiger partial charge in [0.25, 0.3) is 9.05 Å². The first kappa shape index (κ1) is 15.1. The summed E-state index contributed by atoms with van der Waals surface area (Å²) in [5, 5.41) is 9.13. The molecular formula is C13H15ClO5S. The molecule has 0 atom stereocenters. The van der Waals surface area contributed by atoms with Crippen LogP contribution in [-0.4, -0.2) is 26.1 Å². The maximum atomic E-state index is 11.2. The average molecular weight is 319 g/mol. The van der Waals surface area contributed by atoms with Crippen LogP contribution in [0.3, 0.4) is 0 Å². The van der Waals surface area contributed by atoms with Crippen molar-refractivity contribution >= 4 is 25.7 Å². The fourth-order valence-corrected chi connectivity index (χ4v) is 3.12. The zero-order chi connectivity index (χ0) is 14.8. The Bertz CT molecular complexity index is 605. The second-order valence-electron chi connectivity index (χ2n) is 4.86. The summed E-state index contributed by atoms with van der Waals surface area (Å²) in [5.74, 6) is -0.630. The van der Waals surface area contributed by atoms with Crippen molar-refractivity contribution in [3.63, 3.8) is 0 Å². The third-order valence-corrected chi connectivity index (χ3v) is 4.76. The summed E-state index contributed by atoms with van der Waals surface area (Å²) in [6.07, 6.45) is 4.50. The number of ether oxygens (including phenoxy) is 1. The molecule has 1 aromatic rings. The number of carboxylic acids is 1. The summed E-state index contributed by atoms with van der Waals surface area (Å²) in [5.41, 5.74) is -0.190. The maximum absolute atomic E-state index is 11.2. The Hall–Kier alpha value is -1.27. The summed E-state index contributed by atoms with van der Waals surface area (Å²) in [6, 6.07) is 3.61. The quantitative estimate of drug-likeness (QED) is 0.844. The highest BCUT2D eigenvalue weighted by Gasteiger charge is 2.20. The second-order valence-corrected chi connectivity index (χ2v) is 7.43. The SMILES string of the molecule is O=C(O)c1cc(S(=O)(=O)Cl)ccc1OCC1CCCC1. The van der Waals surface area contributed by atoms with Gasteiger partial charge < -0.3 is 9.84 Å². The van der Waals surface area contributed by atoms with Crippen LogP contribution in [0.2, 0.25) is 0 Å². The van der Waals surface area contributed by atoms with Crippen LogP contribution in [-0.2, 0) is 9.05 Å². The number of carbonyl (C=O) groups is 1. The standard InChI is InChI=1S/C13H15ClO5S/c14-20(17,18)10-5-6-12(11(7-10)13(15)16)19-8-9-3-1-2-4-9/h5-7,9H,1-4,8H2,(H,15,16). The fourth-order valence-electron chi connectivity index (χ4n) is 2.34. The minimum atomic E-state index is -3.95. The molecule has 2 rings (SSSR count). The minimum Gasteiger partial charge on any atom is -0.492 e. The molecule has 0 radical (unpaired) electrons. The second kappa shape index (κ2) is 6.01. The van der Waals surface area contributed by atoms with Crippen LogP contribution in [0.1, 0.15) is 36.0 Å². The molecule has 0 aliphatic heterocycles. The van der Waals surface area contributed by atoms with Crippen LogP contribution in [0.4, 0.5) is 0 Å². The number of aromatic carboxylic acids is 1. The number of hydrogen-bond acceptors (Lipinski definition) is 4. The highest BCUT2D eigenvalue weighted by molar-refractivity contribution is 8.13. The molecule has 1 saturated carbocycles. The molecule has 1 aliphatic carbocycles. The van der Waals surface area contributed by atoms with Gasteiger partial charge in [0.15, 0.2) is 0 Å². The molecule has 20 heavy (non-hydrogen) atoms. The van der Waals surface area contributed by atoms with E-state index in [1.165, 1.54) is 25.0 Å². The lowest BCUT2D eigenvalue weighted by molar-refractivity contribution is 0.0691. The molecule has 5 nitrogen and oxygen atoms in total. The fraction of sp³-hybridized carbons (Fsp3) is 0.462. The smallest absolute Gasteiger partial charge is 0.339 e. The molecule has 1 N–H and O–H groups in total. The van der Waals surface area contributed by atoms with Gasteiger partial charge in [-0.3, -0.25) is 0 Å². The van der Waals surface area contributed by atoms with E-state index < -0.39 is 15.0 Å². The zero-order valence-corrected chi connectivity index (χ0v) is 12.3. The van der Waals surface area contributed by atoms with Gasteiger partial charge in [-0.1, -0.05) is 12.8 Å². The lowest BCUT2D eigenvalue weighted by Gasteiger charge is -2.13. The Morgan fingerprint density at radius 1 is 1.35 bits per heavy atom. The Morgan fingerprint density at radius 3 is 2.55 bits per heavy atom. The lowest BCUT2D eigenvalue weighted by atomic mass is 10.1. The molecule has 0 saturated heterocycles. The van der Waals surface area contributed by atoms with Crippen molar-refractivity contribution in [2.24, 2.45) is 5.92 Å². The molecule has 0 heterocycles. The van der Waals surface area contributed by atoms with Crippen molar-refractivity contribution in [3.8, 4) is 5.75 Å². The van der Waals surface area contributed by atoms with E-state index in [1.807, 2.05) is 0 Å². The number of rotatable bonds is 5. The molecule has 0 unspecified atom stereocenters. The number of halogens is 1. The van der Waals surface area contributed by atoms with E-state index in [0.29, 0.717) is 12.5 Å². The Kier molecular flexibility index (Phi) is 4.55. The Morgan fingerprint density at radius 2 is 2.00 bits per heavy atom. The van der Waals surface area contributed by atoms with Gasteiger partial charge >= 0.3 is 5.97 Å². The van der Waals surface area contributed by atoms with Crippen molar-refractivity contribution in [1.82, 2.24) is 0 Å². The first-order valence-electron chi connectivity index (χ1n) is 6.33. The maximum Gasteiger partial charge on any atom is 0.339 e. The summed E-state index contributed by atoms with van der Waals surface area (Å²) < 4.78 is 28.0. The van der Waals surface area contributed by atoms with Crippen molar-refractivity contribution in [3.05, 3.63) is 23.8 Å². The third-order valence-electron chi connectivity index (χ3n) is 3.41. The molecule has 0 bridgehead atoms. The van der Waals surface area contributed by atoms with Gasteiger partial charge in [0.1, 0.15) is 11.3 Å². The molecule has 1 aromatic carbocycles. The lowest BCUT2D eigenvalue weighted by Crippen LogP contribution is -2.11. The molecule has 0 spiro atoms. The van der Waals surface area contributed by atoms with Crippen LogP contribution < -0.4 is 4.74 Å². The van der Waals surface area contributed by atoms with Crippen molar-refractivity contribution in [2.45, 2.75) is 30.6 Å². The van der Waals surface area contributed by atoms with E-state index in [0.717, 1.165) is 18.9 Å². The summed E-state index contributed by atoms with van der Waals surface area (Å²) in [7, 11) is 1.25.